The molecule has 1 unspecified atom stereocenters. The zero-order valence-electron chi connectivity index (χ0n) is 21.8. The van der Waals surface area contributed by atoms with Crippen LogP contribution in [0.15, 0.2) is 48.5 Å². The summed E-state index contributed by atoms with van der Waals surface area (Å²) in [5, 5.41) is 11.5. The average molecular weight is 561 g/mol. The van der Waals surface area contributed by atoms with Gasteiger partial charge in [-0.3, -0.25) is 0 Å². The van der Waals surface area contributed by atoms with Gasteiger partial charge in [0, 0.05) is 26.0 Å². The lowest BCUT2D eigenvalue weighted by molar-refractivity contribution is -0.150. The molecule has 0 radical (unpaired) electrons. The van der Waals surface area contributed by atoms with Gasteiger partial charge in [-0.25, -0.2) is 18.4 Å². The van der Waals surface area contributed by atoms with Crippen LogP contribution in [-0.2, 0) is 22.1 Å². The Balaban J connectivity index is 2.02. The molecule has 0 heterocycles. The molecule has 2 aromatic carbocycles. The van der Waals surface area contributed by atoms with Crippen LogP contribution < -0.4 is 10.1 Å². The number of carbonyl (C=O) groups excluding carboxylic acids is 1. The van der Waals surface area contributed by atoms with Crippen molar-refractivity contribution in [3.63, 3.8) is 0 Å². The number of benzene rings is 2. The summed E-state index contributed by atoms with van der Waals surface area (Å²) in [6, 6.07) is 10.3. The lowest BCUT2D eigenvalue weighted by Crippen LogP contribution is -2.39. The Kier molecular flexibility index (Phi) is 12.0. The Morgan fingerprint density at radius 1 is 1.00 bits per heavy atom. The van der Waals surface area contributed by atoms with Crippen LogP contribution in [0.2, 0.25) is 0 Å². The molecular formula is C27H33F5N2O5. The maximum atomic E-state index is 13.3. The summed E-state index contributed by atoms with van der Waals surface area (Å²) in [5.74, 6) is -3.51. The summed E-state index contributed by atoms with van der Waals surface area (Å²) in [6.45, 7) is 2.75. The summed E-state index contributed by atoms with van der Waals surface area (Å²) < 4.78 is 77.2. The lowest BCUT2D eigenvalue weighted by atomic mass is 10.1. The Morgan fingerprint density at radius 3 is 2.26 bits per heavy atom. The van der Waals surface area contributed by atoms with Crippen LogP contribution in [-0.4, -0.2) is 60.3 Å². The number of rotatable bonds is 15. The van der Waals surface area contributed by atoms with E-state index in [1.807, 2.05) is 0 Å². The number of carboxylic acid groups (broad SMARTS) is 1. The van der Waals surface area contributed by atoms with Crippen molar-refractivity contribution in [1.29, 1.82) is 0 Å². The number of carboxylic acids is 1. The number of unbranched alkanes of at least 4 members (excludes halogenated alkanes) is 1. The number of carbonyl (C=O) groups is 2. The first kappa shape index (κ1) is 31.8. The van der Waals surface area contributed by atoms with E-state index in [2.05, 4.69) is 5.32 Å². The summed E-state index contributed by atoms with van der Waals surface area (Å²) in [7, 11) is 0. The highest BCUT2D eigenvalue weighted by atomic mass is 19.4. The number of anilines is 1. The molecule has 1 atom stereocenters. The van der Waals surface area contributed by atoms with Crippen molar-refractivity contribution in [1.82, 2.24) is 4.90 Å². The van der Waals surface area contributed by atoms with Gasteiger partial charge in [0.25, 0.3) is 0 Å². The number of hydrogen-bond acceptors (Lipinski definition) is 4. The number of aliphatic carboxylic acids is 1. The van der Waals surface area contributed by atoms with Crippen molar-refractivity contribution >= 4 is 17.7 Å². The van der Waals surface area contributed by atoms with Crippen molar-refractivity contribution in [2.75, 3.05) is 31.6 Å². The van der Waals surface area contributed by atoms with E-state index in [4.69, 9.17) is 9.47 Å². The molecule has 39 heavy (non-hydrogen) atoms. The van der Waals surface area contributed by atoms with Crippen LogP contribution in [0.4, 0.5) is 32.4 Å². The number of nitrogens with zero attached hydrogens (tertiary/aromatic N) is 1. The molecule has 2 N–H and O–H groups in total. The normalized spacial score (nSPS) is 12.6. The number of amides is 2. The smallest absolute Gasteiger partial charge is 0.418 e. The molecule has 0 bridgehead atoms. The van der Waals surface area contributed by atoms with E-state index >= 15 is 0 Å². The number of ether oxygens (including phenoxy) is 2. The van der Waals surface area contributed by atoms with Gasteiger partial charge in [-0.1, -0.05) is 24.3 Å². The van der Waals surface area contributed by atoms with Crippen LogP contribution in [0, 0.1) is 0 Å². The van der Waals surface area contributed by atoms with E-state index in [9.17, 15) is 36.6 Å². The van der Waals surface area contributed by atoms with E-state index < -0.39 is 41.5 Å². The van der Waals surface area contributed by atoms with Gasteiger partial charge in [0.1, 0.15) is 12.4 Å². The number of nitrogens with one attached hydrogen (secondary N) is 1. The van der Waals surface area contributed by atoms with Gasteiger partial charge in [-0.05, 0) is 56.5 Å². The maximum absolute atomic E-state index is 13.3. The van der Waals surface area contributed by atoms with E-state index in [0.717, 1.165) is 19.1 Å². The summed E-state index contributed by atoms with van der Waals surface area (Å²) in [6.07, 6.45) is -5.54. The van der Waals surface area contributed by atoms with E-state index in [0.29, 0.717) is 11.3 Å². The number of urea groups is 1. The Hall–Kier alpha value is -3.41. The first-order valence-electron chi connectivity index (χ1n) is 12.5. The van der Waals surface area contributed by atoms with Gasteiger partial charge >= 0.3 is 18.2 Å². The lowest BCUT2D eigenvalue weighted by Gasteiger charge is -2.24. The fourth-order valence-electron chi connectivity index (χ4n) is 3.71. The minimum atomic E-state index is -4.68. The zero-order valence-corrected chi connectivity index (χ0v) is 21.8. The number of hydrogen-bond donors (Lipinski definition) is 2. The summed E-state index contributed by atoms with van der Waals surface area (Å²) in [5.41, 5.74) is -0.710. The Morgan fingerprint density at radius 2 is 1.67 bits per heavy atom. The van der Waals surface area contributed by atoms with Crippen molar-refractivity contribution in [3.05, 3.63) is 59.7 Å². The highest BCUT2D eigenvalue weighted by molar-refractivity contribution is 5.90. The number of para-hydroxylation sites is 1. The molecule has 0 aromatic heterocycles. The molecule has 0 aliphatic heterocycles. The van der Waals surface area contributed by atoms with Crippen LogP contribution in [0.3, 0.4) is 0 Å². The number of alkyl halides is 5. The summed E-state index contributed by atoms with van der Waals surface area (Å²) >= 11 is 0. The van der Waals surface area contributed by atoms with Crippen LogP contribution >= 0.6 is 0 Å². The molecule has 0 saturated carbocycles. The molecule has 2 rings (SSSR count). The SMILES string of the molecule is CCOC(Cc1ccc(OCCN(CCCCC(C)(F)F)C(=O)Nc2ccccc2C(F)(F)F)cc1)C(=O)O. The molecule has 0 saturated heterocycles. The molecule has 0 fully saturated rings. The molecule has 0 spiro atoms. The van der Waals surface area contributed by atoms with Gasteiger partial charge < -0.3 is 24.8 Å². The highest BCUT2D eigenvalue weighted by Crippen LogP contribution is 2.34. The minimum Gasteiger partial charge on any atom is -0.492 e. The zero-order chi connectivity index (χ0) is 29.1. The third-order valence-electron chi connectivity index (χ3n) is 5.67. The van der Waals surface area contributed by atoms with E-state index in [1.165, 1.54) is 17.0 Å². The monoisotopic (exact) mass is 560 g/mol. The standard InChI is InChI=1S/C27H33F5N2O5/c1-3-38-23(24(35)36)18-19-10-12-20(13-11-19)39-17-16-34(15-7-6-14-26(2,28)29)25(37)33-22-9-5-4-8-21(22)27(30,31)32/h4-5,8-13,23H,3,6-7,14-18H2,1-2H3,(H,33,37)(H,35,36). The minimum absolute atomic E-state index is 0.0181. The fourth-order valence-corrected chi connectivity index (χ4v) is 3.71. The van der Waals surface area contributed by atoms with Gasteiger partial charge in [-0.15, -0.1) is 0 Å². The van der Waals surface area contributed by atoms with Crippen molar-refractivity contribution in [2.45, 2.75) is 57.7 Å². The third-order valence-corrected chi connectivity index (χ3v) is 5.67. The Labute approximate surface area is 223 Å². The molecule has 2 amide bonds. The van der Waals surface area contributed by atoms with E-state index in [1.54, 1.807) is 31.2 Å². The Bertz CT molecular complexity index is 1060. The number of halogens is 5. The molecule has 216 valence electrons. The van der Waals surface area contributed by atoms with Crippen LogP contribution in [0.1, 0.15) is 44.2 Å². The van der Waals surface area contributed by atoms with Crippen molar-refractivity contribution in [3.8, 4) is 5.75 Å². The first-order valence-corrected chi connectivity index (χ1v) is 12.5. The second-order valence-electron chi connectivity index (χ2n) is 8.97. The topological polar surface area (TPSA) is 88.1 Å². The molecule has 0 aliphatic rings. The fraction of sp³-hybridized carbons (Fsp3) is 0.481. The quantitative estimate of drug-likeness (QED) is 0.192. The van der Waals surface area contributed by atoms with Gasteiger partial charge in [-0.2, -0.15) is 13.2 Å². The first-order chi connectivity index (χ1) is 18.3. The molecule has 12 heteroatoms. The van der Waals surface area contributed by atoms with Crippen LogP contribution in [0.25, 0.3) is 0 Å². The average Bonchev–Trinajstić information content (AvgIpc) is 2.85. The van der Waals surface area contributed by atoms with Crippen molar-refractivity contribution in [2.24, 2.45) is 0 Å². The maximum Gasteiger partial charge on any atom is 0.418 e. The molecule has 0 aliphatic carbocycles. The third kappa shape index (κ3) is 11.5. The largest absolute Gasteiger partial charge is 0.492 e. The van der Waals surface area contributed by atoms with E-state index in [-0.39, 0.29) is 52.0 Å². The van der Waals surface area contributed by atoms with Gasteiger partial charge in [0.05, 0.1) is 17.8 Å². The second-order valence-corrected chi connectivity index (χ2v) is 8.97. The van der Waals surface area contributed by atoms with Gasteiger partial charge in [0.2, 0.25) is 5.92 Å². The predicted molar refractivity (Wildman–Crippen MR) is 135 cm³/mol. The second kappa shape index (κ2) is 14.7. The molecule has 7 nitrogen and oxygen atoms in total. The predicted octanol–water partition coefficient (Wildman–Crippen LogP) is 6.48. The van der Waals surface area contributed by atoms with Crippen molar-refractivity contribution < 1.29 is 46.1 Å². The van der Waals surface area contributed by atoms with Gasteiger partial charge in [0.15, 0.2) is 6.10 Å². The highest BCUT2D eigenvalue weighted by Gasteiger charge is 2.34. The summed E-state index contributed by atoms with van der Waals surface area (Å²) in [4.78, 5) is 25.3. The molecule has 2 aromatic rings. The van der Waals surface area contributed by atoms with Crippen LogP contribution in [0.5, 0.6) is 5.75 Å². The molecular weight excluding hydrogens is 527 g/mol.